The van der Waals surface area contributed by atoms with Crippen molar-refractivity contribution in [1.82, 2.24) is 0 Å². The third-order valence-electron chi connectivity index (χ3n) is 2.83. The first kappa shape index (κ1) is 18.4. The van der Waals surface area contributed by atoms with Gasteiger partial charge in [0.15, 0.2) is 0 Å². The van der Waals surface area contributed by atoms with Crippen molar-refractivity contribution in [2.24, 2.45) is 11.1 Å². The average molecular weight is 380 g/mol. The molecule has 0 saturated heterocycles. The fourth-order valence-corrected chi connectivity index (χ4v) is 3.21. The zero-order valence-electron chi connectivity index (χ0n) is 12.6. The SMILES string of the molecule is Cc1cc(Br)cc(S(N)(=O)=O)c1OCCOCCC(C)C. The van der Waals surface area contributed by atoms with Crippen molar-refractivity contribution >= 4 is 26.0 Å². The van der Waals surface area contributed by atoms with Crippen molar-refractivity contribution in [3.63, 3.8) is 0 Å². The van der Waals surface area contributed by atoms with Crippen LogP contribution in [0.5, 0.6) is 5.75 Å². The number of ether oxygens (including phenoxy) is 2. The second-order valence-electron chi connectivity index (χ2n) is 5.24. The topological polar surface area (TPSA) is 78.6 Å². The first-order valence-corrected chi connectivity index (χ1v) is 9.09. The summed E-state index contributed by atoms with van der Waals surface area (Å²) in [7, 11) is -3.83. The number of halogens is 1. The van der Waals surface area contributed by atoms with E-state index >= 15 is 0 Å². The second kappa shape index (κ2) is 8.12. The molecule has 0 saturated carbocycles. The Bertz CT molecular complexity index is 573. The summed E-state index contributed by atoms with van der Waals surface area (Å²) >= 11 is 3.26. The van der Waals surface area contributed by atoms with Crippen molar-refractivity contribution in [3.8, 4) is 5.75 Å². The van der Waals surface area contributed by atoms with Crippen LogP contribution in [0.15, 0.2) is 21.5 Å². The van der Waals surface area contributed by atoms with Crippen LogP contribution in [-0.2, 0) is 14.8 Å². The van der Waals surface area contributed by atoms with Gasteiger partial charge < -0.3 is 9.47 Å². The normalized spacial score (nSPS) is 11.9. The summed E-state index contributed by atoms with van der Waals surface area (Å²) in [6.07, 6.45) is 0.986. The summed E-state index contributed by atoms with van der Waals surface area (Å²) in [4.78, 5) is -0.0171. The minimum absolute atomic E-state index is 0.0171. The van der Waals surface area contributed by atoms with Crippen molar-refractivity contribution in [1.29, 1.82) is 0 Å². The monoisotopic (exact) mass is 379 g/mol. The Hall–Kier alpha value is -0.630. The number of aryl methyl sites for hydroxylation is 1. The molecule has 0 fully saturated rings. The molecule has 0 spiro atoms. The molecule has 0 aliphatic rings. The molecule has 0 aliphatic heterocycles. The summed E-state index contributed by atoms with van der Waals surface area (Å²) in [6, 6.07) is 3.22. The van der Waals surface area contributed by atoms with Crippen LogP contribution in [0.2, 0.25) is 0 Å². The average Bonchev–Trinajstić information content (AvgIpc) is 2.33. The molecule has 1 aromatic carbocycles. The van der Waals surface area contributed by atoms with Gasteiger partial charge in [0.25, 0.3) is 0 Å². The lowest BCUT2D eigenvalue weighted by molar-refractivity contribution is 0.0914. The van der Waals surface area contributed by atoms with Crippen LogP contribution in [0.1, 0.15) is 25.8 Å². The van der Waals surface area contributed by atoms with Gasteiger partial charge in [0.05, 0.1) is 6.61 Å². The quantitative estimate of drug-likeness (QED) is 0.704. The molecule has 2 N–H and O–H groups in total. The van der Waals surface area contributed by atoms with E-state index in [9.17, 15) is 8.42 Å². The smallest absolute Gasteiger partial charge is 0.241 e. The van der Waals surface area contributed by atoms with E-state index in [2.05, 4.69) is 29.8 Å². The summed E-state index contributed by atoms with van der Waals surface area (Å²) in [5.41, 5.74) is 0.704. The van der Waals surface area contributed by atoms with E-state index in [1.54, 1.807) is 13.0 Å². The van der Waals surface area contributed by atoms with Crippen LogP contribution in [0, 0.1) is 12.8 Å². The van der Waals surface area contributed by atoms with Gasteiger partial charge in [-0.25, -0.2) is 13.6 Å². The molecular formula is C14H22BrNO4S. The third-order valence-corrected chi connectivity index (χ3v) is 4.20. The minimum atomic E-state index is -3.83. The fraction of sp³-hybridized carbons (Fsp3) is 0.571. The maximum Gasteiger partial charge on any atom is 0.241 e. The van der Waals surface area contributed by atoms with Gasteiger partial charge in [-0.05, 0) is 37.0 Å². The van der Waals surface area contributed by atoms with Gasteiger partial charge >= 0.3 is 0 Å². The van der Waals surface area contributed by atoms with Crippen LogP contribution >= 0.6 is 15.9 Å². The Labute approximate surface area is 135 Å². The lowest BCUT2D eigenvalue weighted by Gasteiger charge is -2.14. The molecule has 5 nitrogen and oxygen atoms in total. The molecule has 0 amide bonds. The highest BCUT2D eigenvalue weighted by Gasteiger charge is 2.18. The number of sulfonamides is 1. The Balaban J connectivity index is 2.67. The molecule has 0 radical (unpaired) electrons. The Morgan fingerprint density at radius 1 is 1.24 bits per heavy atom. The number of rotatable bonds is 8. The maximum absolute atomic E-state index is 11.6. The van der Waals surface area contributed by atoms with E-state index in [1.165, 1.54) is 6.07 Å². The molecule has 21 heavy (non-hydrogen) atoms. The highest BCUT2D eigenvalue weighted by atomic mass is 79.9. The van der Waals surface area contributed by atoms with Crippen molar-refractivity contribution in [2.45, 2.75) is 32.1 Å². The van der Waals surface area contributed by atoms with E-state index in [0.717, 1.165) is 6.42 Å². The molecule has 1 rings (SSSR count). The molecule has 0 aromatic heterocycles. The zero-order chi connectivity index (χ0) is 16.0. The minimum Gasteiger partial charge on any atom is -0.489 e. The standard InChI is InChI=1S/C14H22BrNO4S/c1-10(2)4-5-19-6-7-20-14-11(3)8-12(15)9-13(14)21(16,17)18/h8-10H,4-7H2,1-3H3,(H2,16,17,18). The van der Waals surface area contributed by atoms with E-state index in [4.69, 9.17) is 14.6 Å². The van der Waals surface area contributed by atoms with Gasteiger partial charge in [-0.3, -0.25) is 0 Å². The number of hydrogen-bond donors (Lipinski definition) is 1. The van der Waals surface area contributed by atoms with Crippen LogP contribution < -0.4 is 9.88 Å². The van der Waals surface area contributed by atoms with Crippen LogP contribution in [0.4, 0.5) is 0 Å². The van der Waals surface area contributed by atoms with E-state index in [-0.39, 0.29) is 17.3 Å². The first-order valence-electron chi connectivity index (χ1n) is 6.75. The summed E-state index contributed by atoms with van der Waals surface area (Å²) in [5, 5.41) is 5.22. The van der Waals surface area contributed by atoms with Gasteiger partial charge in [-0.1, -0.05) is 29.8 Å². The van der Waals surface area contributed by atoms with Crippen molar-refractivity contribution < 1.29 is 17.9 Å². The molecule has 0 heterocycles. The molecule has 0 aliphatic carbocycles. The lowest BCUT2D eigenvalue weighted by atomic mass is 10.1. The first-order chi connectivity index (χ1) is 9.71. The van der Waals surface area contributed by atoms with E-state index < -0.39 is 10.0 Å². The number of hydrogen-bond acceptors (Lipinski definition) is 4. The molecule has 0 atom stereocenters. The highest BCUT2D eigenvalue weighted by Crippen LogP contribution is 2.30. The number of nitrogens with two attached hydrogens (primary N) is 1. The molecule has 0 bridgehead atoms. The van der Waals surface area contributed by atoms with Crippen LogP contribution in [0.3, 0.4) is 0 Å². The summed E-state index contributed by atoms with van der Waals surface area (Å²) in [6.45, 7) is 7.39. The molecule has 1 aromatic rings. The Morgan fingerprint density at radius 2 is 1.90 bits per heavy atom. The van der Waals surface area contributed by atoms with Gasteiger partial charge in [-0.2, -0.15) is 0 Å². The lowest BCUT2D eigenvalue weighted by Crippen LogP contribution is -2.16. The van der Waals surface area contributed by atoms with Crippen LogP contribution in [-0.4, -0.2) is 28.2 Å². The van der Waals surface area contributed by atoms with Crippen molar-refractivity contribution in [3.05, 3.63) is 22.2 Å². The maximum atomic E-state index is 11.6. The van der Waals surface area contributed by atoms with Crippen molar-refractivity contribution in [2.75, 3.05) is 19.8 Å². The van der Waals surface area contributed by atoms with Gasteiger partial charge in [0.1, 0.15) is 17.3 Å². The third kappa shape index (κ3) is 6.34. The van der Waals surface area contributed by atoms with Gasteiger partial charge in [0, 0.05) is 11.1 Å². The van der Waals surface area contributed by atoms with Gasteiger partial charge in [0.2, 0.25) is 10.0 Å². The molecule has 120 valence electrons. The summed E-state index contributed by atoms with van der Waals surface area (Å²) in [5.74, 6) is 0.877. The fourth-order valence-electron chi connectivity index (χ4n) is 1.72. The molecule has 7 heteroatoms. The second-order valence-corrected chi connectivity index (χ2v) is 7.68. The summed E-state index contributed by atoms with van der Waals surface area (Å²) < 4.78 is 34.9. The van der Waals surface area contributed by atoms with E-state index in [0.29, 0.717) is 29.2 Å². The zero-order valence-corrected chi connectivity index (χ0v) is 15.0. The largest absolute Gasteiger partial charge is 0.489 e. The predicted molar refractivity (Wildman–Crippen MR) is 86.0 cm³/mol. The van der Waals surface area contributed by atoms with E-state index in [1.807, 2.05) is 0 Å². The Morgan fingerprint density at radius 3 is 2.48 bits per heavy atom. The number of primary sulfonamides is 1. The highest BCUT2D eigenvalue weighted by molar-refractivity contribution is 9.10. The van der Waals surface area contributed by atoms with Crippen LogP contribution in [0.25, 0.3) is 0 Å². The predicted octanol–water partition coefficient (Wildman–Crippen LogP) is 2.85. The molecular weight excluding hydrogens is 358 g/mol. The number of benzene rings is 1. The van der Waals surface area contributed by atoms with Gasteiger partial charge in [-0.15, -0.1) is 0 Å². The Kier molecular flexibility index (Phi) is 7.12. The molecule has 0 unspecified atom stereocenters.